The fourth-order valence-electron chi connectivity index (χ4n) is 2.76. The fraction of sp³-hybridized carbons (Fsp3) is 0.562. The van der Waals surface area contributed by atoms with E-state index < -0.39 is 0 Å². The van der Waals surface area contributed by atoms with E-state index in [9.17, 15) is 9.18 Å². The molecule has 1 heterocycles. The minimum atomic E-state index is -0.338. The van der Waals surface area contributed by atoms with E-state index in [-0.39, 0.29) is 23.5 Å². The lowest BCUT2D eigenvalue weighted by atomic mass is 10.0. The highest BCUT2D eigenvalue weighted by Gasteiger charge is 2.22. The van der Waals surface area contributed by atoms with Crippen LogP contribution in [-0.4, -0.2) is 37.0 Å². The van der Waals surface area contributed by atoms with Crippen LogP contribution in [0.25, 0.3) is 0 Å². The van der Waals surface area contributed by atoms with Crippen LogP contribution < -0.4 is 10.1 Å². The number of nitrogens with zero attached hydrogens (tertiary/aromatic N) is 1. The van der Waals surface area contributed by atoms with E-state index in [1.165, 1.54) is 13.2 Å². The van der Waals surface area contributed by atoms with E-state index in [4.69, 9.17) is 4.74 Å². The highest BCUT2D eigenvalue weighted by atomic mass is 19.1. The number of ether oxygens (including phenoxy) is 1. The Morgan fingerprint density at radius 2 is 2.10 bits per heavy atom. The summed E-state index contributed by atoms with van der Waals surface area (Å²) in [7, 11) is 1.46. The van der Waals surface area contributed by atoms with Crippen LogP contribution in [0.15, 0.2) is 18.2 Å². The van der Waals surface area contributed by atoms with Gasteiger partial charge >= 0.3 is 0 Å². The third-order valence-corrected chi connectivity index (χ3v) is 4.10. The molecule has 1 amide bonds. The lowest BCUT2D eigenvalue weighted by Crippen LogP contribution is -2.44. The van der Waals surface area contributed by atoms with Gasteiger partial charge in [-0.15, -0.1) is 0 Å². The normalized spacial score (nSPS) is 17.6. The van der Waals surface area contributed by atoms with Crippen LogP contribution in [0, 0.1) is 5.82 Å². The molecule has 0 unspecified atom stereocenters. The lowest BCUT2D eigenvalue weighted by molar-refractivity contribution is -0.129. The molecule has 1 saturated heterocycles. The van der Waals surface area contributed by atoms with Gasteiger partial charge in [-0.2, -0.15) is 0 Å². The predicted octanol–water partition coefficient (Wildman–Crippen LogP) is 2.50. The van der Waals surface area contributed by atoms with Crippen molar-refractivity contribution in [3.8, 4) is 5.75 Å². The van der Waals surface area contributed by atoms with Crippen molar-refractivity contribution >= 4 is 5.91 Å². The van der Waals surface area contributed by atoms with Crippen molar-refractivity contribution in [1.29, 1.82) is 0 Å². The average molecular weight is 294 g/mol. The van der Waals surface area contributed by atoms with Gasteiger partial charge < -0.3 is 15.0 Å². The van der Waals surface area contributed by atoms with E-state index >= 15 is 0 Å². The average Bonchev–Trinajstić information content (AvgIpc) is 2.47. The van der Waals surface area contributed by atoms with Gasteiger partial charge in [0, 0.05) is 32.1 Å². The summed E-state index contributed by atoms with van der Waals surface area (Å²) in [5, 5.41) is 3.51. The first kappa shape index (κ1) is 15.8. The third kappa shape index (κ3) is 3.94. The van der Waals surface area contributed by atoms with E-state index in [0.29, 0.717) is 6.04 Å². The number of likely N-dealkylation sites (tertiary alicyclic amines) is 1. The zero-order chi connectivity index (χ0) is 15.4. The maximum absolute atomic E-state index is 13.7. The van der Waals surface area contributed by atoms with Crippen molar-refractivity contribution < 1.29 is 13.9 Å². The van der Waals surface area contributed by atoms with Crippen molar-refractivity contribution in [1.82, 2.24) is 10.2 Å². The monoisotopic (exact) mass is 294 g/mol. The summed E-state index contributed by atoms with van der Waals surface area (Å²) in [4.78, 5) is 13.2. The Balaban J connectivity index is 1.91. The lowest BCUT2D eigenvalue weighted by Gasteiger charge is -2.33. The van der Waals surface area contributed by atoms with Crippen LogP contribution in [0.3, 0.4) is 0 Å². The van der Waals surface area contributed by atoms with Crippen molar-refractivity contribution in [3.05, 3.63) is 29.6 Å². The Bertz CT molecular complexity index is 499. The van der Waals surface area contributed by atoms with Gasteiger partial charge in [0.15, 0.2) is 11.6 Å². The first-order valence-electron chi connectivity index (χ1n) is 7.36. The Morgan fingerprint density at radius 1 is 1.43 bits per heavy atom. The number of amides is 1. The summed E-state index contributed by atoms with van der Waals surface area (Å²) >= 11 is 0. The van der Waals surface area contributed by atoms with E-state index in [1.54, 1.807) is 13.0 Å². The molecule has 0 spiro atoms. The molecule has 1 aromatic carbocycles. The summed E-state index contributed by atoms with van der Waals surface area (Å²) in [6.07, 6.45) is 1.87. The van der Waals surface area contributed by atoms with Gasteiger partial charge in [0.25, 0.3) is 0 Å². The predicted molar refractivity (Wildman–Crippen MR) is 79.8 cm³/mol. The molecule has 1 fully saturated rings. The molecule has 1 atom stereocenters. The number of benzene rings is 1. The molecule has 0 radical (unpaired) electrons. The summed E-state index contributed by atoms with van der Waals surface area (Å²) in [6.45, 7) is 5.21. The molecule has 116 valence electrons. The molecule has 1 aliphatic rings. The minimum Gasteiger partial charge on any atom is -0.494 e. The smallest absolute Gasteiger partial charge is 0.219 e. The molecular weight excluding hydrogens is 271 g/mol. The van der Waals surface area contributed by atoms with Crippen LogP contribution in [0.2, 0.25) is 0 Å². The van der Waals surface area contributed by atoms with Crippen molar-refractivity contribution in [3.63, 3.8) is 0 Å². The Kier molecular flexibility index (Phi) is 5.17. The standard InChI is InChI=1S/C16H23FN2O2/c1-11(13-4-5-16(21-3)15(17)10-13)18-14-6-8-19(9-7-14)12(2)20/h4-5,10-11,14,18H,6-9H2,1-3H3/t11-/m1/s1. The van der Waals surface area contributed by atoms with E-state index in [1.807, 2.05) is 17.9 Å². The minimum absolute atomic E-state index is 0.0688. The molecule has 1 N–H and O–H groups in total. The van der Waals surface area contributed by atoms with Crippen molar-refractivity contribution in [2.75, 3.05) is 20.2 Å². The number of methoxy groups -OCH3 is 1. The number of nitrogens with one attached hydrogen (secondary N) is 1. The Hall–Kier alpha value is -1.62. The number of hydrogen-bond donors (Lipinski definition) is 1. The molecule has 0 aromatic heterocycles. The van der Waals surface area contributed by atoms with Gasteiger partial charge in [0.2, 0.25) is 5.91 Å². The quantitative estimate of drug-likeness (QED) is 0.927. The van der Waals surface area contributed by atoms with Crippen molar-refractivity contribution in [2.24, 2.45) is 0 Å². The van der Waals surface area contributed by atoms with Crippen LogP contribution >= 0.6 is 0 Å². The number of hydrogen-bond acceptors (Lipinski definition) is 3. The Morgan fingerprint density at radius 3 is 2.62 bits per heavy atom. The van der Waals surface area contributed by atoms with E-state index in [0.717, 1.165) is 31.5 Å². The molecule has 1 aromatic rings. The number of piperidine rings is 1. The maximum Gasteiger partial charge on any atom is 0.219 e. The molecule has 0 bridgehead atoms. The van der Waals surface area contributed by atoms with E-state index in [2.05, 4.69) is 5.32 Å². The molecule has 5 heteroatoms. The van der Waals surface area contributed by atoms with Gasteiger partial charge in [-0.25, -0.2) is 4.39 Å². The zero-order valence-electron chi connectivity index (χ0n) is 12.9. The first-order chi connectivity index (χ1) is 10.0. The summed E-state index contributed by atoms with van der Waals surface area (Å²) in [5.41, 5.74) is 0.905. The molecule has 2 rings (SSSR count). The van der Waals surface area contributed by atoms with Gasteiger partial charge in [0.1, 0.15) is 0 Å². The Labute approximate surface area is 125 Å². The highest BCUT2D eigenvalue weighted by Crippen LogP contribution is 2.23. The topological polar surface area (TPSA) is 41.6 Å². The molecule has 0 aliphatic carbocycles. The van der Waals surface area contributed by atoms with Gasteiger partial charge in [-0.05, 0) is 37.5 Å². The van der Waals surface area contributed by atoms with Crippen LogP contribution in [0.1, 0.15) is 38.3 Å². The van der Waals surface area contributed by atoms with Gasteiger partial charge in [-0.3, -0.25) is 4.79 Å². The molecule has 21 heavy (non-hydrogen) atoms. The van der Waals surface area contributed by atoms with Gasteiger partial charge in [-0.1, -0.05) is 6.07 Å². The largest absolute Gasteiger partial charge is 0.494 e. The van der Waals surface area contributed by atoms with Crippen LogP contribution in [0.5, 0.6) is 5.75 Å². The second-order valence-corrected chi connectivity index (χ2v) is 5.56. The molecule has 4 nitrogen and oxygen atoms in total. The molecule has 0 saturated carbocycles. The highest BCUT2D eigenvalue weighted by molar-refractivity contribution is 5.73. The summed E-state index contributed by atoms with van der Waals surface area (Å²) < 4.78 is 18.7. The summed E-state index contributed by atoms with van der Waals surface area (Å²) in [5.74, 6) is 0.0643. The molecule has 1 aliphatic heterocycles. The van der Waals surface area contributed by atoms with Crippen molar-refractivity contribution in [2.45, 2.75) is 38.8 Å². The summed E-state index contributed by atoms with van der Waals surface area (Å²) in [6, 6.07) is 5.48. The second-order valence-electron chi connectivity index (χ2n) is 5.56. The van der Waals surface area contributed by atoms with Crippen LogP contribution in [-0.2, 0) is 4.79 Å². The SMILES string of the molecule is COc1ccc([C@@H](C)NC2CCN(C(C)=O)CC2)cc1F. The fourth-order valence-corrected chi connectivity index (χ4v) is 2.76. The number of carbonyl (C=O) groups is 1. The zero-order valence-corrected chi connectivity index (χ0v) is 12.9. The second kappa shape index (κ2) is 6.89. The number of rotatable bonds is 4. The number of halogens is 1. The third-order valence-electron chi connectivity index (χ3n) is 4.10. The van der Waals surface area contributed by atoms with Crippen LogP contribution in [0.4, 0.5) is 4.39 Å². The van der Waals surface area contributed by atoms with Gasteiger partial charge in [0.05, 0.1) is 7.11 Å². The number of carbonyl (C=O) groups excluding carboxylic acids is 1. The molecular formula is C16H23FN2O2. The first-order valence-corrected chi connectivity index (χ1v) is 7.36. The maximum atomic E-state index is 13.7.